The Morgan fingerprint density at radius 3 is 2.93 bits per heavy atom. The summed E-state index contributed by atoms with van der Waals surface area (Å²) < 4.78 is 1.00. The smallest absolute Gasteiger partial charge is 0.186 e. The summed E-state index contributed by atoms with van der Waals surface area (Å²) >= 11 is 8.38. The Morgan fingerprint density at radius 1 is 1.53 bits per heavy atom. The highest BCUT2D eigenvalue weighted by atomic mass is 79.9. The zero-order chi connectivity index (χ0) is 11.1. The fourth-order valence-corrected chi connectivity index (χ4v) is 1.52. The quantitative estimate of drug-likeness (QED) is 0.508. The van der Waals surface area contributed by atoms with Crippen molar-refractivity contribution in [1.29, 1.82) is 0 Å². The molecular weight excluding hydrogens is 274 g/mol. The Kier molecular flexibility index (Phi) is 5.28. The predicted octanol–water partition coefficient (Wildman–Crippen LogP) is 2.27. The summed E-state index contributed by atoms with van der Waals surface area (Å²) in [4.78, 5) is 0. The minimum Gasteiger partial charge on any atom is -0.362 e. The van der Waals surface area contributed by atoms with Crippen molar-refractivity contribution < 1.29 is 0 Å². The van der Waals surface area contributed by atoms with Gasteiger partial charge in [-0.3, -0.25) is 5.43 Å². The van der Waals surface area contributed by atoms with E-state index >= 15 is 0 Å². The summed E-state index contributed by atoms with van der Waals surface area (Å²) in [6.07, 6.45) is 1.72. The van der Waals surface area contributed by atoms with Crippen LogP contribution < -0.4 is 10.7 Å². The van der Waals surface area contributed by atoms with E-state index in [1.165, 1.54) is 0 Å². The molecule has 0 bridgehead atoms. The molecule has 0 amide bonds. The van der Waals surface area contributed by atoms with Crippen LogP contribution in [0.2, 0.25) is 0 Å². The molecule has 1 aromatic rings. The minimum absolute atomic E-state index is 0.529. The number of hydrogen-bond acceptors (Lipinski definition) is 2. The lowest BCUT2D eigenvalue weighted by Crippen LogP contribution is -2.31. The van der Waals surface area contributed by atoms with E-state index in [-0.39, 0.29) is 0 Å². The van der Waals surface area contributed by atoms with Gasteiger partial charge in [-0.15, -0.1) is 0 Å². The van der Waals surface area contributed by atoms with Crippen LogP contribution >= 0.6 is 28.1 Å². The third-order valence-corrected chi connectivity index (χ3v) is 2.57. The lowest BCUT2D eigenvalue weighted by molar-refractivity contribution is 0.904. The van der Waals surface area contributed by atoms with Gasteiger partial charge in [0, 0.05) is 16.6 Å². The van der Waals surface area contributed by atoms with Gasteiger partial charge in [-0.05, 0) is 25.2 Å². The average Bonchev–Trinajstić information content (AvgIpc) is 2.21. The molecule has 0 aliphatic carbocycles. The van der Waals surface area contributed by atoms with Crippen LogP contribution in [0.1, 0.15) is 12.5 Å². The fourth-order valence-electron chi connectivity index (χ4n) is 0.940. The van der Waals surface area contributed by atoms with Crippen LogP contribution in [-0.2, 0) is 0 Å². The lowest BCUT2D eigenvalue weighted by atomic mass is 10.2. The highest BCUT2D eigenvalue weighted by molar-refractivity contribution is 9.10. The van der Waals surface area contributed by atoms with Gasteiger partial charge in [0.1, 0.15) is 0 Å². The molecule has 0 radical (unpaired) electrons. The molecule has 80 valence electrons. The van der Waals surface area contributed by atoms with E-state index in [0.717, 1.165) is 16.6 Å². The second-order valence-corrected chi connectivity index (χ2v) is 4.01. The molecule has 0 saturated carbocycles. The molecular formula is C10H12BrN3S. The second kappa shape index (κ2) is 6.53. The Morgan fingerprint density at radius 2 is 2.27 bits per heavy atom. The molecule has 3 nitrogen and oxygen atoms in total. The van der Waals surface area contributed by atoms with Crippen molar-refractivity contribution in [2.75, 3.05) is 6.54 Å². The molecule has 0 atom stereocenters. The van der Waals surface area contributed by atoms with Crippen LogP contribution in [0.4, 0.5) is 0 Å². The topological polar surface area (TPSA) is 36.4 Å². The summed E-state index contributed by atoms with van der Waals surface area (Å²) in [6.45, 7) is 2.77. The number of nitrogens with zero attached hydrogens (tertiary/aromatic N) is 1. The maximum absolute atomic E-state index is 4.95. The maximum Gasteiger partial charge on any atom is 0.186 e. The van der Waals surface area contributed by atoms with Gasteiger partial charge in [-0.25, -0.2) is 0 Å². The van der Waals surface area contributed by atoms with Crippen molar-refractivity contribution in [2.45, 2.75) is 6.92 Å². The van der Waals surface area contributed by atoms with Crippen LogP contribution in [0.15, 0.2) is 33.8 Å². The van der Waals surface area contributed by atoms with Gasteiger partial charge < -0.3 is 5.32 Å². The van der Waals surface area contributed by atoms with E-state index in [4.69, 9.17) is 12.2 Å². The van der Waals surface area contributed by atoms with Crippen LogP contribution in [0.3, 0.4) is 0 Å². The van der Waals surface area contributed by atoms with Crippen molar-refractivity contribution in [3.63, 3.8) is 0 Å². The van der Waals surface area contributed by atoms with Crippen molar-refractivity contribution in [3.8, 4) is 0 Å². The molecule has 2 N–H and O–H groups in total. The number of nitrogens with one attached hydrogen (secondary N) is 2. The summed E-state index contributed by atoms with van der Waals surface area (Å²) in [6, 6.07) is 7.84. The zero-order valence-electron chi connectivity index (χ0n) is 8.33. The van der Waals surface area contributed by atoms with Crippen molar-refractivity contribution in [3.05, 3.63) is 34.3 Å². The third kappa shape index (κ3) is 4.40. The first-order valence-electron chi connectivity index (χ1n) is 4.55. The van der Waals surface area contributed by atoms with Gasteiger partial charge >= 0.3 is 0 Å². The monoisotopic (exact) mass is 285 g/mol. The van der Waals surface area contributed by atoms with E-state index in [1.807, 2.05) is 31.2 Å². The van der Waals surface area contributed by atoms with Gasteiger partial charge in [0.15, 0.2) is 5.11 Å². The highest BCUT2D eigenvalue weighted by Crippen LogP contribution is 2.13. The van der Waals surface area contributed by atoms with E-state index in [0.29, 0.717) is 5.11 Å². The largest absolute Gasteiger partial charge is 0.362 e. The van der Waals surface area contributed by atoms with Crippen molar-refractivity contribution in [2.24, 2.45) is 5.10 Å². The number of halogens is 1. The molecule has 0 heterocycles. The third-order valence-electron chi connectivity index (χ3n) is 1.61. The number of hydrogen-bond donors (Lipinski definition) is 2. The fraction of sp³-hybridized carbons (Fsp3) is 0.200. The Hall–Kier alpha value is -0.940. The molecule has 5 heteroatoms. The first-order valence-corrected chi connectivity index (χ1v) is 5.75. The summed E-state index contributed by atoms with van der Waals surface area (Å²) in [7, 11) is 0. The molecule has 0 unspecified atom stereocenters. The van der Waals surface area contributed by atoms with E-state index in [2.05, 4.69) is 31.8 Å². The molecule has 0 saturated heterocycles. The first kappa shape index (κ1) is 12.1. The Bertz CT molecular complexity index is 365. The molecule has 0 aromatic heterocycles. The second-order valence-electron chi connectivity index (χ2n) is 2.75. The van der Waals surface area contributed by atoms with Crippen molar-refractivity contribution >= 4 is 39.5 Å². The molecule has 15 heavy (non-hydrogen) atoms. The van der Waals surface area contributed by atoms with Gasteiger partial charge in [0.2, 0.25) is 0 Å². The number of thiocarbonyl (C=S) groups is 1. The zero-order valence-corrected chi connectivity index (χ0v) is 10.7. The minimum atomic E-state index is 0.529. The van der Waals surface area contributed by atoms with Gasteiger partial charge in [-0.1, -0.05) is 34.1 Å². The standard InChI is InChI=1S/C10H12BrN3S/c1-2-12-10(15)14-13-7-8-5-3-4-6-9(8)11/h3-7H,2H2,1H3,(H2,12,14,15). The first-order chi connectivity index (χ1) is 7.24. The summed E-state index contributed by atoms with van der Waals surface area (Å²) in [5, 5.41) is 7.48. The molecule has 1 rings (SSSR count). The van der Waals surface area contributed by atoms with E-state index < -0.39 is 0 Å². The van der Waals surface area contributed by atoms with E-state index in [9.17, 15) is 0 Å². The number of rotatable bonds is 3. The molecule has 1 aromatic carbocycles. The van der Waals surface area contributed by atoms with Gasteiger partial charge in [0.25, 0.3) is 0 Å². The number of benzene rings is 1. The molecule has 0 spiro atoms. The summed E-state index contributed by atoms with van der Waals surface area (Å²) in [5.41, 5.74) is 3.73. The number of hydrazone groups is 1. The van der Waals surface area contributed by atoms with Crippen LogP contribution in [0.25, 0.3) is 0 Å². The van der Waals surface area contributed by atoms with Gasteiger partial charge in [-0.2, -0.15) is 5.10 Å². The van der Waals surface area contributed by atoms with Gasteiger partial charge in [0.05, 0.1) is 6.21 Å². The highest BCUT2D eigenvalue weighted by Gasteiger charge is 1.93. The van der Waals surface area contributed by atoms with E-state index in [1.54, 1.807) is 6.21 Å². The normalized spacial score (nSPS) is 10.3. The molecule has 0 fully saturated rings. The maximum atomic E-state index is 4.95. The SMILES string of the molecule is CCNC(=S)NN=Cc1ccccc1Br. The van der Waals surface area contributed by atoms with Crippen LogP contribution in [0, 0.1) is 0 Å². The van der Waals surface area contributed by atoms with Crippen LogP contribution in [0.5, 0.6) is 0 Å². The summed E-state index contributed by atoms with van der Waals surface area (Å²) in [5.74, 6) is 0. The molecule has 0 aliphatic heterocycles. The predicted molar refractivity (Wildman–Crippen MR) is 71.1 cm³/mol. The lowest BCUT2D eigenvalue weighted by Gasteiger charge is -2.02. The molecule has 0 aliphatic rings. The Balaban J connectivity index is 2.52. The Labute approximate surface area is 103 Å². The van der Waals surface area contributed by atoms with Crippen LogP contribution in [-0.4, -0.2) is 17.9 Å². The average molecular weight is 286 g/mol. The van der Waals surface area contributed by atoms with Crippen molar-refractivity contribution in [1.82, 2.24) is 10.7 Å².